The third-order valence-electron chi connectivity index (χ3n) is 4.14. The lowest BCUT2D eigenvalue weighted by molar-refractivity contribution is -0.158. The zero-order chi connectivity index (χ0) is 20.7. The van der Waals surface area contributed by atoms with Gasteiger partial charge >= 0.3 is 5.97 Å². The van der Waals surface area contributed by atoms with Crippen molar-refractivity contribution in [2.45, 2.75) is 31.7 Å². The number of thioether (sulfide) groups is 1. The molecule has 1 aliphatic rings. The van der Waals surface area contributed by atoms with Crippen molar-refractivity contribution in [3.05, 3.63) is 24.2 Å². The summed E-state index contributed by atoms with van der Waals surface area (Å²) in [5.74, 6) is -0.807. The van der Waals surface area contributed by atoms with E-state index in [1.165, 1.54) is 41.8 Å². The van der Waals surface area contributed by atoms with E-state index in [1.54, 1.807) is 12.1 Å². The Balaban J connectivity index is 1.88. The van der Waals surface area contributed by atoms with Gasteiger partial charge in [0, 0.05) is 26.3 Å². The number of esters is 1. The summed E-state index contributed by atoms with van der Waals surface area (Å²) in [5, 5.41) is 2.26. The first-order chi connectivity index (χ1) is 13.3. The van der Waals surface area contributed by atoms with E-state index in [9.17, 15) is 19.2 Å². The van der Waals surface area contributed by atoms with Crippen LogP contribution in [0.4, 0.5) is 0 Å². The lowest BCUT2D eigenvalue weighted by atomic mass is 10.2. The quantitative estimate of drug-likeness (QED) is 0.629. The number of hydrogen-bond donors (Lipinski definition) is 1. The molecule has 1 aromatic heterocycles. The molecule has 9 nitrogen and oxygen atoms in total. The summed E-state index contributed by atoms with van der Waals surface area (Å²) in [5.41, 5.74) is 0. The van der Waals surface area contributed by atoms with Crippen LogP contribution >= 0.6 is 11.8 Å². The summed E-state index contributed by atoms with van der Waals surface area (Å²) in [6.45, 7) is 3.23. The van der Waals surface area contributed by atoms with E-state index in [2.05, 4.69) is 5.32 Å². The minimum atomic E-state index is -0.802. The van der Waals surface area contributed by atoms with E-state index >= 15 is 0 Å². The summed E-state index contributed by atoms with van der Waals surface area (Å²) in [6, 6.07) is 2.65. The monoisotopic (exact) mass is 411 g/mol. The van der Waals surface area contributed by atoms with Crippen LogP contribution in [-0.2, 0) is 23.9 Å². The third-order valence-corrected chi connectivity index (χ3v) is 5.42. The van der Waals surface area contributed by atoms with Crippen molar-refractivity contribution in [2.24, 2.45) is 0 Å². The number of carbonyl (C=O) groups excluding carboxylic acids is 4. The second kappa shape index (κ2) is 10.2. The highest BCUT2D eigenvalue weighted by Crippen LogP contribution is 2.41. The maximum atomic E-state index is 12.5. The SMILES string of the molecule is CCCNC(=O)CN(C)C(=O)COC(=O)[C@H]1CS[C@@H](c2ccco2)N1C(C)=O. The summed E-state index contributed by atoms with van der Waals surface area (Å²) in [6.07, 6.45) is 2.30. The Hall–Kier alpha value is -2.49. The van der Waals surface area contributed by atoms with Gasteiger partial charge in [0.15, 0.2) is 6.61 Å². The minimum Gasteiger partial charge on any atom is -0.466 e. The van der Waals surface area contributed by atoms with E-state index in [-0.39, 0.29) is 18.4 Å². The Morgan fingerprint density at radius 2 is 2.14 bits per heavy atom. The average molecular weight is 411 g/mol. The summed E-state index contributed by atoms with van der Waals surface area (Å²) in [4.78, 5) is 50.9. The van der Waals surface area contributed by atoms with Crippen molar-refractivity contribution in [2.75, 3.05) is 32.5 Å². The molecule has 1 saturated heterocycles. The maximum absolute atomic E-state index is 12.5. The zero-order valence-corrected chi connectivity index (χ0v) is 17.0. The molecule has 1 N–H and O–H groups in total. The second-order valence-electron chi connectivity index (χ2n) is 6.35. The Morgan fingerprint density at radius 3 is 2.75 bits per heavy atom. The van der Waals surface area contributed by atoms with Gasteiger partial charge in [0.2, 0.25) is 11.8 Å². The number of nitrogens with zero attached hydrogens (tertiary/aromatic N) is 2. The number of nitrogens with one attached hydrogen (secondary N) is 1. The summed E-state index contributed by atoms with van der Waals surface area (Å²) < 4.78 is 10.5. The van der Waals surface area contributed by atoms with Crippen LogP contribution < -0.4 is 5.32 Å². The molecule has 1 fully saturated rings. The van der Waals surface area contributed by atoms with Crippen molar-refractivity contribution in [3.63, 3.8) is 0 Å². The van der Waals surface area contributed by atoms with Crippen LogP contribution in [0.1, 0.15) is 31.4 Å². The molecule has 10 heteroatoms. The number of carbonyl (C=O) groups is 4. The molecule has 0 bridgehead atoms. The lowest BCUT2D eigenvalue weighted by Crippen LogP contribution is -2.44. The predicted octanol–water partition coefficient (Wildman–Crippen LogP) is 0.770. The van der Waals surface area contributed by atoms with Crippen LogP contribution in [-0.4, -0.2) is 72.0 Å². The molecule has 154 valence electrons. The molecule has 3 amide bonds. The molecular formula is C18H25N3O6S. The Labute approximate surface area is 167 Å². The number of rotatable bonds is 8. The Kier molecular flexibility index (Phi) is 7.91. The van der Waals surface area contributed by atoms with Gasteiger partial charge in [-0.05, 0) is 18.6 Å². The molecule has 2 atom stereocenters. The van der Waals surface area contributed by atoms with Crippen molar-refractivity contribution < 1.29 is 28.3 Å². The van der Waals surface area contributed by atoms with Crippen molar-refractivity contribution >= 4 is 35.5 Å². The smallest absolute Gasteiger partial charge is 0.330 e. The number of furan rings is 1. The van der Waals surface area contributed by atoms with E-state index in [1.807, 2.05) is 6.92 Å². The van der Waals surface area contributed by atoms with Crippen molar-refractivity contribution in [1.29, 1.82) is 0 Å². The molecule has 0 radical (unpaired) electrons. The van der Waals surface area contributed by atoms with Gasteiger partial charge in [0.05, 0.1) is 12.8 Å². The van der Waals surface area contributed by atoms with Gasteiger partial charge in [0.1, 0.15) is 17.2 Å². The molecule has 2 heterocycles. The third kappa shape index (κ3) is 5.51. The van der Waals surface area contributed by atoms with Crippen LogP contribution in [0.5, 0.6) is 0 Å². The van der Waals surface area contributed by atoms with Gasteiger partial charge < -0.3 is 24.3 Å². The Morgan fingerprint density at radius 1 is 1.39 bits per heavy atom. The Bertz CT molecular complexity index is 708. The molecule has 1 aromatic rings. The van der Waals surface area contributed by atoms with Gasteiger partial charge in [-0.2, -0.15) is 0 Å². The molecule has 0 aromatic carbocycles. The van der Waals surface area contributed by atoms with E-state index in [0.717, 1.165) is 6.42 Å². The van der Waals surface area contributed by atoms with E-state index < -0.39 is 29.9 Å². The van der Waals surface area contributed by atoms with Gasteiger partial charge in [-0.15, -0.1) is 11.8 Å². The van der Waals surface area contributed by atoms with Crippen LogP contribution in [0.25, 0.3) is 0 Å². The highest BCUT2D eigenvalue weighted by molar-refractivity contribution is 7.99. The van der Waals surface area contributed by atoms with Crippen LogP contribution in [0.2, 0.25) is 0 Å². The minimum absolute atomic E-state index is 0.115. The number of ether oxygens (including phenoxy) is 1. The zero-order valence-electron chi connectivity index (χ0n) is 16.2. The fourth-order valence-electron chi connectivity index (χ4n) is 2.69. The fraction of sp³-hybridized carbons (Fsp3) is 0.556. The fourth-order valence-corrected chi connectivity index (χ4v) is 4.10. The van der Waals surface area contributed by atoms with Crippen molar-refractivity contribution in [3.8, 4) is 0 Å². The highest BCUT2D eigenvalue weighted by Gasteiger charge is 2.43. The normalized spacial score (nSPS) is 18.6. The molecule has 0 unspecified atom stereocenters. The summed E-state index contributed by atoms with van der Waals surface area (Å²) in [7, 11) is 1.46. The average Bonchev–Trinajstić information content (AvgIpc) is 3.32. The van der Waals surface area contributed by atoms with Gasteiger partial charge in [-0.25, -0.2) is 4.79 Å². The first-order valence-electron chi connectivity index (χ1n) is 8.96. The highest BCUT2D eigenvalue weighted by atomic mass is 32.2. The molecule has 0 aliphatic carbocycles. The number of hydrogen-bond acceptors (Lipinski definition) is 7. The van der Waals surface area contributed by atoms with E-state index in [0.29, 0.717) is 18.1 Å². The van der Waals surface area contributed by atoms with Gasteiger partial charge in [-0.3, -0.25) is 14.4 Å². The molecule has 28 heavy (non-hydrogen) atoms. The maximum Gasteiger partial charge on any atom is 0.330 e. The summed E-state index contributed by atoms with van der Waals surface area (Å²) >= 11 is 1.39. The van der Waals surface area contributed by atoms with Crippen LogP contribution in [0.3, 0.4) is 0 Å². The molecule has 0 saturated carbocycles. The molecular weight excluding hydrogens is 386 g/mol. The molecule has 2 rings (SSSR count). The topological polar surface area (TPSA) is 109 Å². The first-order valence-corrected chi connectivity index (χ1v) is 10.0. The lowest BCUT2D eigenvalue weighted by Gasteiger charge is -2.26. The predicted molar refractivity (Wildman–Crippen MR) is 102 cm³/mol. The second-order valence-corrected chi connectivity index (χ2v) is 7.46. The standard InChI is InChI=1S/C18H25N3O6S/c1-4-7-19-15(23)9-20(3)16(24)10-27-18(25)13-11-28-17(21(13)12(2)22)14-6-5-8-26-14/h5-6,8,13,17H,4,7,9-11H2,1-3H3,(H,19,23)/t13-,17+/m1/s1. The molecule has 0 spiro atoms. The largest absolute Gasteiger partial charge is 0.466 e. The van der Waals surface area contributed by atoms with Crippen LogP contribution in [0.15, 0.2) is 22.8 Å². The number of amides is 3. The van der Waals surface area contributed by atoms with Gasteiger partial charge in [0.25, 0.3) is 5.91 Å². The van der Waals surface area contributed by atoms with Gasteiger partial charge in [-0.1, -0.05) is 6.92 Å². The van der Waals surface area contributed by atoms with E-state index in [4.69, 9.17) is 9.15 Å². The van der Waals surface area contributed by atoms with Crippen LogP contribution in [0, 0.1) is 0 Å². The molecule has 1 aliphatic heterocycles. The first kappa shape index (κ1) is 21.8. The van der Waals surface area contributed by atoms with Crippen molar-refractivity contribution in [1.82, 2.24) is 15.1 Å². The number of likely N-dealkylation sites (N-methyl/N-ethyl adjacent to an activating group) is 1.